The fourth-order valence-corrected chi connectivity index (χ4v) is 2.44. The molecule has 0 aliphatic heterocycles. The Balaban J connectivity index is 2.15. The van der Waals surface area contributed by atoms with Crippen LogP contribution in [-0.2, 0) is 0 Å². The van der Waals surface area contributed by atoms with E-state index < -0.39 is 5.97 Å². The molecule has 0 atom stereocenters. The summed E-state index contributed by atoms with van der Waals surface area (Å²) in [5.41, 5.74) is 3.91. The van der Waals surface area contributed by atoms with Crippen LogP contribution in [0.5, 0.6) is 0 Å². The van der Waals surface area contributed by atoms with E-state index in [2.05, 4.69) is 25.1 Å². The highest BCUT2D eigenvalue weighted by Gasteiger charge is 2.06. The smallest absolute Gasteiger partial charge is 0.335 e. The lowest BCUT2D eigenvalue weighted by atomic mass is 9.97. The molecule has 0 spiro atoms. The normalized spacial score (nSPS) is 10.7. The molecule has 1 N–H and O–H groups in total. The van der Waals surface area contributed by atoms with Crippen LogP contribution in [0.25, 0.3) is 21.9 Å². The quantitative estimate of drug-likeness (QED) is 0.737. The largest absolute Gasteiger partial charge is 0.478 e. The van der Waals surface area contributed by atoms with Gasteiger partial charge in [0, 0.05) is 0 Å². The average Bonchev–Trinajstić information content (AvgIpc) is 2.46. The maximum absolute atomic E-state index is 11.0. The molecule has 0 fully saturated rings. The van der Waals surface area contributed by atoms with Crippen LogP contribution in [0.2, 0.25) is 0 Å². The van der Waals surface area contributed by atoms with Crippen LogP contribution in [0.4, 0.5) is 0 Å². The first kappa shape index (κ1) is 12.4. The molecule has 3 rings (SSSR count). The number of hydrogen-bond donors (Lipinski definition) is 1. The van der Waals surface area contributed by atoms with Crippen LogP contribution >= 0.6 is 0 Å². The molecule has 0 amide bonds. The Bertz CT molecular complexity index is 803. The van der Waals surface area contributed by atoms with E-state index in [-0.39, 0.29) is 0 Å². The number of aryl methyl sites for hydroxylation is 1. The first-order valence-corrected chi connectivity index (χ1v) is 6.48. The third-order valence-electron chi connectivity index (χ3n) is 3.54. The number of fused-ring (bicyclic) bond motifs is 1. The van der Waals surface area contributed by atoms with Gasteiger partial charge >= 0.3 is 5.97 Å². The van der Waals surface area contributed by atoms with Crippen molar-refractivity contribution in [2.24, 2.45) is 0 Å². The highest BCUT2D eigenvalue weighted by molar-refractivity contribution is 5.95. The molecule has 0 bridgehead atoms. The summed E-state index contributed by atoms with van der Waals surface area (Å²) >= 11 is 0. The number of rotatable bonds is 2. The summed E-state index contributed by atoms with van der Waals surface area (Å²) in [6.45, 7) is 2.09. The Hall–Kier alpha value is -2.61. The fourth-order valence-electron chi connectivity index (χ4n) is 2.44. The molecule has 2 nitrogen and oxygen atoms in total. The molecule has 0 aliphatic carbocycles. The minimum atomic E-state index is -0.894. The second kappa shape index (κ2) is 4.82. The van der Waals surface area contributed by atoms with Crippen LogP contribution in [0.15, 0.2) is 60.7 Å². The zero-order valence-corrected chi connectivity index (χ0v) is 11.1. The van der Waals surface area contributed by atoms with Gasteiger partial charge in [0.2, 0.25) is 0 Å². The van der Waals surface area contributed by atoms with Crippen molar-refractivity contribution < 1.29 is 9.90 Å². The van der Waals surface area contributed by atoms with E-state index in [0.717, 1.165) is 16.3 Å². The van der Waals surface area contributed by atoms with Gasteiger partial charge in [0.05, 0.1) is 5.56 Å². The third kappa shape index (κ3) is 2.16. The molecular weight excluding hydrogens is 248 g/mol. The van der Waals surface area contributed by atoms with Crippen molar-refractivity contribution >= 4 is 16.7 Å². The van der Waals surface area contributed by atoms with Gasteiger partial charge in [0.15, 0.2) is 0 Å². The Morgan fingerprint density at radius 2 is 1.60 bits per heavy atom. The number of carboxylic acid groups (broad SMARTS) is 1. The Morgan fingerprint density at radius 1 is 0.900 bits per heavy atom. The molecule has 0 unspecified atom stereocenters. The summed E-state index contributed by atoms with van der Waals surface area (Å²) in [7, 11) is 0. The van der Waals surface area contributed by atoms with E-state index in [1.165, 1.54) is 11.1 Å². The van der Waals surface area contributed by atoms with Crippen LogP contribution in [0, 0.1) is 6.92 Å². The zero-order valence-electron chi connectivity index (χ0n) is 11.1. The zero-order chi connectivity index (χ0) is 14.1. The number of carbonyl (C=O) groups is 1. The van der Waals surface area contributed by atoms with E-state index >= 15 is 0 Å². The molecular formula is C18H14O2. The van der Waals surface area contributed by atoms with E-state index in [1.54, 1.807) is 12.1 Å². The molecule has 3 aromatic rings. The molecule has 0 heterocycles. The van der Waals surface area contributed by atoms with E-state index in [0.29, 0.717) is 5.56 Å². The Labute approximate surface area is 117 Å². The molecule has 3 aromatic carbocycles. The minimum Gasteiger partial charge on any atom is -0.478 e. The summed E-state index contributed by atoms with van der Waals surface area (Å²) < 4.78 is 0. The molecule has 0 radical (unpaired) electrons. The number of benzene rings is 3. The Morgan fingerprint density at radius 3 is 2.35 bits per heavy atom. The summed E-state index contributed by atoms with van der Waals surface area (Å²) in [5, 5.41) is 11.0. The second-order valence-electron chi connectivity index (χ2n) is 4.90. The molecule has 98 valence electrons. The highest BCUT2D eigenvalue weighted by atomic mass is 16.4. The van der Waals surface area contributed by atoms with Crippen molar-refractivity contribution in [3.05, 3.63) is 71.8 Å². The van der Waals surface area contributed by atoms with E-state index in [4.69, 9.17) is 5.11 Å². The van der Waals surface area contributed by atoms with Gasteiger partial charge in [-0.1, -0.05) is 42.5 Å². The third-order valence-corrected chi connectivity index (χ3v) is 3.54. The SMILES string of the molecule is Cc1ccccc1-c1ccc2cc(C(=O)O)ccc2c1. The van der Waals surface area contributed by atoms with Gasteiger partial charge < -0.3 is 5.11 Å². The van der Waals surface area contributed by atoms with Gasteiger partial charge in [0.25, 0.3) is 0 Å². The standard InChI is InChI=1S/C18H14O2/c1-12-4-2-3-5-17(12)15-8-6-14-11-16(18(19)20)9-7-13(14)10-15/h2-11H,1H3,(H,19,20). The molecule has 0 aromatic heterocycles. The number of aromatic carboxylic acids is 1. The highest BCUT2D eigenvalue weighted by Crippen LogP contribution is 2.27. The van der Waals surface area contributed by atoms with Gasteiger partial charge in [-0.05, 0) is 52.6 Å². The lowest BCUT2D eigenvalue weighted by Gasteiger charge is -2.07. The van der Waals surface area contributed by atoms with Crippen molar-refractivity contribution in [3.8, 4) is 11.1 Å². The van der Waals surface area contributed by atoms with Crippen molar-refractivity contribution in [2.45, 2.75) is 6.92 Å². The summed E-state index contributed by atoms with van der Waals surface area (Å²) in [6, 6.07) is 19.6. The van der Waals surface area contributed by atoms with Crippen molar-refractivity contribution in [2.75, 3.05) is 0 Å². The summed E-state index contributed by atoms with van der Waals surface area (Å²) in [4.78, 5) is 11.0. The van der Waals surface area contributed by atoms with Crippen molar-refractivity contribution in [1.29, 1.82) is 0 Å². The predicted octanol–water partition coefficient (Wildman–Crippen LogP) is 4.51. The fraction of sp³-hybridized carbons (Fsp3) is 0.0556. The minimum absolute atomic E-state index is 0.321. The van der Waals surface area contributed by atoms with E-state index in [9.17, 15) is 4.79 Å². The molecule has 0 saturated heterocycles. The second-order valence-corrected chi connectivity index (χ2v) is 4.90. The molecule has 20 heavy (non-hydrogen) atoms. The molecule has 0 saturated carbocycles. The maximum Gasteiger partial charge on any atom is 0.335 e. The number of hydrogen-bond acceptors (Lipinski definition) is 1. The summed E-state index contributed by atoms with van der Waals surface area (Å²) in [6.07, 6.45) is 0. The van der Waals surface area contributed by atoms with Gasteiger partial charge in [-0.15, -0.1) is 0 Å². The van der Waals surface area contributed by atoms with E-state index in [1.807, 2.05) is 30.3 Å². The lowest BCUT2D eigenvalue weighted by molar-refractivity contribution is 0.0697. The van der Waals surface area contributed by atoms with Crippen molar-refractivity contribution in [3.63, 3.8) is 0 Å². The van der Waals surface area contributed by atoms with Crippen LogP contribution in [0.3, 0.4) is 0 Å². The van der Waals surface area contributed by atoms with Gasteiger partial charge in [-0.2, -0.15) is 0 Å². The van der Waals surface area contributed by atoms with Crippen molar-refractivity contribution in [1.82, 2.24) is 0 Å². The summed E-state index contributed by atoms with van der Waals surface area (Å²) in [5.74, 6) is -0.894. The Kier molecular flexibility index (Phi) is 2.99. The van der Waals surface area contributed by atoms with Crippen LogP contribution in [-0.4, -0.2) is 11.1 Å². The van der Waals surface area contributed by atoms with Gasteiger partial charge in [0.1, 0.15) is 0 Å². The first-order valence-electron chi connectivity index (χ1n) is 6.48. The topological polar surface area (TPSA) is 37.3 Å². The van der Waals surface area contributed by atoms with Crippen LogP contribution < -0.4 is 0 Å². The predicted molar refractivity (Wildman–Crippen MR) is 81.1 cm³/mol. The van der Waals surface area contributed by atoms with Gasteiger partial charge in [-0.3, -0.25) is 0 Å². The lowest BCUT2D eigenvalue weighted by Crippen LogP contribution is -1.95. The van der Waals surface area contributed by atoms with Gasteiger partial charge in [-0.25, -0.2) is 4.79 Å². The van der Waals surface area contributed by atoms with Crippen LogP contribution in [0.1, 0.15) is 15.9 Å². The first-order chi connectivity index (χ1) is 9.65. The number of carboxylic acids is 1. The molecule has 2 heteroatoms. The average molecular weight is 262 g/mol. The maximum atomic E-state index is 11.0. The monoisotopic (exact) mass is 262 g/mol. The molecule has 0 aliphatic rings.